The van der Waals surface area contributed by atoms with Crippen molar-refractivity contribution in [2.75, 3.05) is 20.8 Å². The molecule has 27 heavy (non-hydrogen) atoms. The lowest BCUT2D eigenvalue weighted by atomic mass is 10.1. The fourth-order valence-corrected chi connectivity index (χ4v) is 4.52. The highest BCUT2D eigenvalue weighted by atomic mass is 35.5. The molecule has 7 heteroatoms. The Hall–Kier alpha value is -2.28. The summed E-state index contributed by atoms with van der Waals surface area (Å²) in [4.78, 5) is 0.175. The third kappa shape index (κ3) is 4.35. The zero-order chi connectivity index (χ0) is 19.4. The number of halogens is 1. The fraction of sp³-hybridized carbons (Fsp3) is 0.200. The average Bonchev–Trinajstić information content (AvgIpc) is 2.67. The van der Waals surface area contributed by atoms with E-state index >= 15 is 0 Å². The van der Waals surface area contributed by atoms with Gasteiger partial charge in [0.25, 0.3) is 0 Å². The van der Waals surface area contributed by atoms with Crippen LogP contribution in [0.4, 0.5) is 0 Å². The second-order valence-corrected chi connectivity index (χ2v) is 8.11. The smallest absolute Gasteiger partial charge is 0.241 e. The molecule has 0 atom stereocenters. The van der Waals surface area contributed by atoms with Crippen LogP contribution in [0.2, 0.25) is 5.02 Å². The van der Waals surface area contributed by atoms with E-state index in [4.69, 9.17) is 21.1 Å². The topological polar surface area (TPSA) is 64.6 Å². The van der Waals surface area contributed by atoms with E-state index in [-0.39, 0.29) is 11.4 Å². The van der Waals surface area contributed by atoms with E-state index in [9.17, 15) is 8.42 Å². The molecule has 0 saturated heterocycles. The molecule has 0 aliphatic rings. The second kappa shape index (κ2) is 8.17. The molecule has 0 aliphatic carbocycles. The number of benzene rings is 3. The Morgan fingerprint density at radius 3 is 2.22 bits per heavy atom. The van der Waals surface area contributed by atoms with E-state index in [2.05, 4.69) is 4.72 Å². The van der Waals surface area contributed by atoms with Crippen LogP contribution in [-0.4, -0.2) is 29.2 Å². The molecule has 3 rings (SSSR count). The lowest BCUT2D eigenvalue weighted by Crippen LogP contribution is -2.26. The molecule has 0 heterocycles. The Labute approximate surface area is 163 Å². The van der Waals surface area contributed by atoms with Crippen molar-refractivity contribution in [2.45, 2.75) is 11.3 Å². The summed E-state index contributed by atoms with van der Waals surface area (Å²) < 4.78 is 38.8. The molecule has 1 N–H and O–H groups in total. The van der Waals surface area contributed by atoms with E-state index < -0.39 is 10.0 Å². The van der Waals surface area contributed by atoms with Crippen molar-refractivity contribution < 1.29 is 17.9 Å². The van der Waals surface area contributed by atoms with E-state index in [1.807, 2.05) is 24.3 Å². The van der Waals surface area contributed by atoms with Crippen molar-refractivity contribution in [2.24, 2.45) is 0 Å². The molecular weight excluding hydrogens is 386 g/mol. The molecule has 0 radical (unpaired) electrons. The first-order chi connectivity index (χ1) is 12.9. The molecule has 3 aromatic carbocycles. The Morgan fingerprint density at radius 2 is 1.59 bits per heavy atom. The number of hydrogen-bond acceptors (Lipinski definition) is 4. The Balaban J connectivity index is 1.81. The summed E-state index contributed by atoms with van der Waals surface area (Å²) in [5.74, 6) is 1.32. The van der Waals surface area contributed by atoms with Gasteiger partial charge in [0, 0.05) is 23.0 Å². The van der Waals surface area contributed by atoms with Crippen molar-refractivity contribution in [1.29, 1.82) is 0 Å². The van der Waals surface area contributed by atoms with Crippen molar-refractivity contribution in [3.05, 3.63) is 65.2 Å². The largest absolute Gasteiger partial charge is 0.497 e. The Kier molecular flexibility index (Phi) is 5.89. The normalized spacial score (nSPS) is 11.5. The number of hydrogen-bond donors (Lipinski definition) is 1. The van der Waals surface area contributed by atoms with Gasteiger partial charge in [-0.2, -0.15) is 0 Å². The maximum atomic E-state index is 12.8. The predicted octanol–water partition coefficient (Wildman–Crippen LogP) is 4.03. The lowest BCUT2D eigenvalue weighted by Gasteiger charge is -2.12. The first-order valence-electron chi connectivity index (χ1n) is 8.33. The molecular formula is C20H20ClNO4S. The quantitative estimate of drug-likeness (QED) is 0.644. The van der Waals surface area contributed by atoms with E-state index in [1.54, 1.807) is 44.6 Å². The summed E-state index contributed by atoms with van der Waals surface area (Å²) in [5.41, 5.74) is 0.907. The fourth-order valence-electron chi connectivity index (χ4n) is 2.90. The van der Waals surface area contributed by atoms with Crippen LogP contribution in [0, 0.1) is 0 Å². The van der Waals surface area contributed by atoms with Gasteiger partial charge in [-0.1, -0.05) is 35.9 Å². The molecule has 0 aromatic heterocycles. The number of nitrogens with one attached hydrogen (secondary N) is 1. The molecule has 0 amide bonds. The monoisotopic (exact) mass is 405 g/mol. The summed E-state index contributed by atoms with van der Waals surface area (Å²) in [7, 11) is -0.558. The van der Waals surface area contributed by atoms with Gasteiger partial charge in [-0.15, -0.1) is 0 Å². The van der Waals surface area contributed by atoms with Crippen molar-refractivity contribution in [3.8, 4) is 11.5 Å². The molecule has 0 unspecified atom stereocenters. The van der Waals surface area contributed by atoms with Gasteiger partial charge in [0.1, 0.15) is 11.5 Å². The molecule has 5 nitrogen and oxygen atoms in total. The van der Waals surface area contributed by atoms with Gasteiger partial charge in [0.05, 0.1) is 19.1 Å². The third-order valence-corrected chi connectivity index (χ3v) is 6.04. The molecule has 0 saturated carbocycles. The summed E-state index contributed by atoms with van der Waals surface area (Å²) in [6.45, 7) is 0.236. The van der Waals surface area contributed by atoms with Crippen LogP contribution >= 0.6 is 11.6 Å². The standard InChI is InChI=1S/C20H20ClNO4S/c1-25-16-11-14(12-17(13-16)26-2)9-10-22-27(23,24)19-8-4-6-15-5-3-7-18(21)20(15)19/h3-8,11-13,22H,9-10H2,1-2H3. The zero-order valence-electron chi connectivity index (χ0n) is 15.0. The van der Waals surface area contributed by atoms with Crippen LogP contribution in [0.5, 0.6) is 11.5 Å². The van der Waals surface area contributed by atoms with Crippen LogP contribution in [0.25, 0.3) is 10.8 Å². The highest BCUT2D eigenvalue weighted by Gasteiger charge is 2.18. The lowest BCUT2D eigenvalue weighted by molar-refractivity contribution is 0.393. The first-order valence-corrected chi connectivity index (χ1v) is 10.2. The summed E-state index contributed by atoms with van der Waals surface area (Å²) in [6.07, 6.45) is 0.491. The molecule has 0 bridgehead atoms. The minimum atomic E-state index is -3.71. The van der Waals surface area contributed by atoms with Gasteiger partial charge in [0.15, 0.2) is 0 Å². The summed E-state index contributed by atoms with van der Waals surface area (Å²) >= 11 is 6.24. The van der Waals surface area contributed by atoms with Gasteiger partial charge in [-0.25, -0.2) is 13.1 Å². The van der Waals surface area contributed by atoms with Crippen molar-refractivity contribution >= 4 is 32.4 Å². The van der Waals surface area contributed by atoms with Gasteiger partial charge >= 0.3 is 0 Å². The van der Waals surface area contributed by atoms with E-state index in [0.29, 0.717) is 28.3 Å². The zero-order valence-corrected chi connectivity index (χ0v) is 16.6. The van der Waals surface area contributed by atoms with Crippen LogP contribution in [0.1, 0.15) is 5.56 Å². The van der Waals surface area contributed by atoms with Gasteiger partial charge in [0.2, 0.25) is 10.0 Å². The second-order valence-electron chi connectivity index (χ2n) is 5.96. The highest BCUT2D eigenvalue weighted by molar-refractivity contribution is 7.89. The summed E-state index contributed by atoms with van der Waals surface area (Å²) in [6, 6.07) is 15.9. The molecule has 0 spiro atoms. The van der Waals surface area contributed by atoms with Crippen molar-refractivity contribution in [1.82, 2.24) is 4.72 Å². The van der Waals surface area contributed by atoms with E-state index in [0.717, 1.165) is 10.9 Å². The first kappa shape index (κ1) is 19.5. The number of methoxy groups -OCH3 is 2. The van der Waals surface area contributed by atoms with Crippen molar-refractivity contribution in [3.63, 3.8) is 0 Å². The molecule has 142 valence electrons. The van der Waals surface area contributed by atoms with Gasteiger partial charge < -0.3 is 9.47 Å². The van der Waals surface area contributed by atoms with Crippen LogP contribution in [0.15, 0.2) is 59.5 Å². The minimum Gasteiger partial charge on any atom is -0.497 e. The number of ether oxygens (including phenoxy) is 2. The molecule has 3 aromatic rings. The molecule has 0 fully saturated rings. The van der Waals surface area contributed by atoms with Crippen LogP contribution < -0.4 is 14.2 Å². The van der Waals surface area contributed by atoms with Gasteiger partial charge in [-0.3, -0.25) is 0 Å². The Morgan fingerprint density at radius 1 is 0.963 bits per heavy atom. The van der Waals surface area contributed by atoms with E-state index in [1.165, 1.54) is 0 Å². The number of fused-ring (bicyclic) bond motifs is 1. The maximum absolute atomic E-state index is 12.8. The molecule has 0 aliphatic heterocycles. The predicted molar refractivity (Wildman–Crippen MR) is 107 cm³/mol. The summed E-state index contributed by atoms with van der Waals surface area (Å²) in [5, 5.41) is 1.71. The Bertz CT molecular complexity index is 1040. The van der Waals surface area contributed by atoms with Crippen LogP contribution in [0.3, 0.4) is 0 Å². The number of rotatable bonds is 7. The minimum absolute atomic E-state index is 0.175. The highest BCUT2D eigenvalue weighted by Crippen LogP contribution is 2.29. The third-order valence-electron chi connectivity index (χ3n) is 4.22. The average molecular weight is 406 g/mol. The SMILES string of the molecule is COc1cc(CCNS(=O)(=O)c2cccc3cccc(Cl)c23)cc(OC)c1. The number of sulfonamides is 1. The van der Waals surface area contributed by atoms with Crippen LogP contribution in [-0.2, 0) is 16.4 Å². The maximum Gasteiger partial charge on any atom is 0.241 e. The van der Waals surface area contributed by atoms with Gasteiger partial charge in [-0.05, 0) is 41.6 Å².